The summed E-state index contributed by atoms with van der Waals surface area (Å²) >= 11 is 0. The number of nitrogens with one attached hydrogen (secondary N) is 1. The maximum atomic E-state index is 12.5. The third-order valence-corrected chi connectivity index (χ3v) is 5.99. The molecule has 1 saturated heterocycles. The summed E-state index contributed by atoms with van der Waals surface area (Å²) in [5.74, 6) is -0.0134. The molecule has 134 valence electrons. The molecular formula is C17H21N3O4S. The molecule has 2 amide bonds. The van der Waals surface area contributed by atoms with Gasteiger partial charge in [-0.15, -0.1) is 0 Å². The first-order valence-electron chi connectivity index (χ1n) is 8.10. The molecule has 1 aliphatic rings. The average molecular weight is 363 g/mol. The van der Waals surface area contributed by atoms with E-state index in [9.17, 15) is 13.2 Å². The van der Waals surface area contributed by atoms with Crippen molar-refractivity contribution in [1.29, 1.82) is 0 Å². The Morgan fingerprint density at radius 2 is 1.76 bits per heavy atom. The Hall–Kier alpha value is -2.32. The molecule has 0 atom stereocenters. The topological polar surface area (TPSA) is 82.9 Å². The summed E-state index contributed by atoms with van der Waals surface area (Å²) in [6.45, 7) is 1.78. The van der Waals surface area contributed by atoms with Crippen molar-refractivity contribution in [2.24, 2.45) is 0 Å². The number of piperazine rings is 1. The fourth-order valence-corrected chi connectivity index (χ4v) is 4.24. The number of carbonyl (C=O) groups excluding carboxylic acids is 1. The van der Waals surface area contributed by atoms with Gasteiger partial charge in [0.15, 0.2) is 0 Å². The van der Waals surface area contributed by atoms with Crippen molar-refractivity contribution in [3.05, 3.63) is 60.1 Å². The first kappa shape index (κ1) is 17.5. The number of sulfonamides is 1. The first-order chi connectivity index (χ1) is 12.0. The smallest absolute Gasteiger partial charge is 0.317 e. The molecule has 2 heterocycles. The van der Waals surface area contributed by atoms with Crippen LogP contribution in [0.15, 0.2) is 53.3 Å². The van der Waals surface area contributed by atoms with E-state index in [1.54, 1.807) is 35.6 Å². The van der Waals surface area contributed by atoms with Crippen LogP contribution in [-0.4, -0.2) is 49.8 Å². The van der Waals surface area contributed by atoms with Gasteiger partial charge in [0, 0.05) is 38.3 Å². The third-order valence-electron chi connectivity index (χ3n) is 4.13. The van der Waals surface area contributed by atoms with Crippen LogP contribution in [-0.2, 0) is 22.3 Å². The van der Waals surface area contributed by atoms with Gasteiger partial charge in [0.25, 0.3) is 0 Å². The highest BCUT2D eigenvalue weighted by atomic mass is 32.2. The summed E-state index contributed by atoms with van der Waals surface area (Å²) in [6.07, 6.45) is 3.13. The van der Waals surface area contributed by atoms with Gasteiger partial charge in [0.2, 0.25) is 10.0 Å². The lowest BCUT2D eigenvalue weighted by molar-refractivity contribution is 0.172. The van der Waals surface area contributed by atoms with Crippen LogP contribution in [0.25, 0.3) is 0 Å². The van der Waals surface area contributed by atoms with Crippen LogP contribution in [0.4, 0.5) is 4.79 Å². The highest BCUT2D eigenvalue weighted by molar-refractivity contribution is 7.88. The predicted molar refractivity (Wildman–Crippen MR) is 93.2 cm³/mol. The van der Waals surface area contributed by atoms with E-state index in [0.717, 1.165) is 11.1 Å². The van der Waals surface area contributed by atoms with Gasteiger partial charge in [0.1, 0.15) is 0 Å². The molecule has 1 fully saturated rings. The number of rotatable bonds is 5. The lowest BCUT2D eigenvalue weighted by Gasteiger charge is -2.34. The predicted octanol–water partition coefficient (Wildman–Crippen LogP) is 1.64. The van der Waals surface area contributed by atoms with E-state index in [4.69, 9.17) is 4.42 Å². The summed E-state index contributed by atoms with van der Waals surface area (Å²) in [6, 6.07) is 10.7. The second kappa shape index (κ2) is 7.71. The van der Waals surface area contributed by atoms with Crippen molar-refractivity contribution in [3.8, 4) is 0 Å². The molecule has 0 bridgehead atoms. The zero-order valence-corrected chi connectivity index (χ0v) is 14.6. The summed E-state index contributed by atoms with van der Waals surface area (Å²) in [7, 11) is -3.37. The Morgan fingerprint density at radius 1 is 1.04 bits per heavy atom. The largest absolute Gasteiger partial charge is 0.472 e. The van der Waals surface area contributed by atoms with Gasteiger partial charge in [-0.2, -0.15) is 4.31 Å². The van der Waals surface area contributed by atoms with Gasteiger partial charge in [-0.05, 0) is 11.6 Å². The Kier molecular flexibility index (Phi) is 5.40. The Morgan fingerprint density at radius 3 is 2.40 bits per heavy atom. The summed E-state index contributed by atoms with van der Waals surface area (Å²) in [5, 5.41) is 2.81. The number of amides is 2. The van der Waals surface area contributed by atoms with E-state index in [2.05, 4.69) is 5.32 Å². The third kappa shape index (κ3) is 4.61. The minimum atomic E-state index is -3.37. The number of furan rings is 1. The Labute approximate surface area is 147 Å². The standard InChI is InChI=1S/C17H21N3O4S/c21-17(18-12-16-6-11-24-13-16)19-7-9-20(10-8-19)25(22,23)14-15-4-2-1-3-5-15/h1-6,11,13H,7-10,12,14H2,(H,18,21). The van der Waals surface area contributed by atoms with E-state index in [0.29, 0.717) is 32.7 Å². The molecule has 7 nitrogen and oxygen atoms in total. The molecule has 0 unspecified atom stereocenters. The fraction of sp³-hybridized carbons (Fsp3) is 0.353. The van der Waals surface area contributed by atoms with Crippen molar-refractivity contribution in [2.75, 3.05) is 26.2 Å². The van der Waals surface area contributed by atoms with Crippen LogP contribution in [0.3, 0.4) is 0 Å². The van der Waals surface area contributed by atoms with E-state index >= 15 is 0 Å². The lowest BCUT2D eigenvalue weighted by Crippen LogP contribution is -2.53. The Bertz CT molecular complexity index is 783. The van der Waals surface area contributed by atoms with Crippen molar-refractivity contribution >= 4 is 16.1 Å². The molecule has 0 spiro atoms. The second-order valence-corrected chi connectivity index (χ2v) is 7.89. The number of hydrogen-bond acceptors (Lipinski definition) is 4. The molecule has 1 aromatic carbocycles. The zero-order chi connectivity index (χ0) is 17.7. The van der Waals surface area contributed by atoms with E-state index < -0.39 is 10.0 Å². The molecule has 0 aliphatic carbocycles. The summed E-state index contributed by atoms with van der Waals surface area (Å²) in [4.78, 5) is 13.8. The zero-order valence-electron chi connectivity index (χ0n) is 13.8. The van der Waals surface area contributed by atoms with Crippen LogP contribution in [0.1, 0.15) is 11.1 Å². The molecular weight excluding hydrogens is 342 g/mol. The van der Waals surface area contributed by atoms with E-state index in [1.807, 2.05) is 18.2 Å². The average Bonchev–Trinajstić information content (AvgIpc) is 3.14. The lowest BCUT2D eigenvalue weighted by atomic mass is 10.2. The number of benzene rings is 1. The van der Waals surface area contributed by atoms with Crippen molar-refractivity contribution in [2.45, 2.75) is 12.3 Å². The quantitative estimate of drug-likeness (QED) is 0.875. The maximum absolute atomic E-state index is 12.5. The minimum absolute atomic E-state index is 0.0134. The normalized spacial score (nSPS) is 15.9. The van der Waals surface area contributed by atoms with E-state index in [1.165, 1.54) is 4.31 Å². The van der Waals surface area contributed by atoms with Gasteiger partial charge in [-0.1, -0.05) is 30.3 Å². The highest BCUT2D eigenvalue weighted by Crippen LogP contribution is 2.13. The number of carbonyl (C=O) groups is 1. The second-order valence-electron chi connectivity index (χ2n) is 5.92. The molecule has 8 heteroatoms. The van der Waals surface area contributed by atoms with Crippen LogP contribution in [0.2, 0.25) is 0 Å². The molecule has 1 aliphatic heterocycles. The summed E-state index contributed by atoms with van der Waals surface area (Å²) in [5.41, 5.74) is 1.65. The van der Waals surface area contributed by atoms with Crippen molar-refractivity contribution < 1.29 is 17.6 Å². The number of nitrogens with zero attached hydrogens (tertiary/aromatic N) is 2. The van der Waals surface area contributed by atoms with Gasteiger partial charge >= 0.3 is 6.03 Å². The van der Waals surface area contributed by atoms with Crippen LogP contribution >= 0.6 is 0 Å². The fourth-order valence-electron chi connectivity index (χ4n) is 2.73. The van der Waals surface area contributed by atoms with Gasteiger partial charge in [-0.25, -0.2) is 13.2 Å². The highest BCUT2D eigenvalue weighted by Gasteiger charge is 2.28. The number of hydrogen-bond donors (Lipinski definition) is 1. The number of urea groups is 1. The van der Waals surface area contributed by atoms with Crippen LogP contribution < -0.4 is 5.32 Å². The molecule has 1 aromatic heterocycles. The summed E-state index contributed by atoms with van der Waals surface area (Å²) < 4.78 is 31.4. The van der Waals surface area contributed by atoms with E-state index in [-0.39, 0.29) is 11.8 Å². The van der Waals surface area contributed by atoms with Crippen molar-refractivity contribution in [3.63, 3.8) is 0 Å². The Balaban J connectivity index is 1.50. The monoisotopic (exact) mass is 363 g/mol. The minimum Gasteiger partial charge on any atom is -0.472 e. The molecule has 0 saturated carbocycles. The van der Waals surface area contributed by atoms with Gasteiger partial charge < -0.3 is 14.6 Å². The van der Waals surface area contributed by atoms with Gasteiger partial charge in [-0.3, -0.25) is 0 Å². The SMILES string of the molecule is O=C(NCc1ccoc1)N1CCN(S(=O)(=O)Cc2ccccc2)CC1. The maximum Gasteiger partial charge on any atom is 0.317 e. The molecule has 0 radical (unpaired) electrons. The van der Waals surface area contributed by atoms with Gasteiger partial charge in [0.05, 0.1) is 18.3 Å². The van der Waals surface area contributed by atoms with Crippen LogP contribution in [0, 0.1) is 0 Å². The van der Waals surface area contributed by atoms with Crippen LogP contribution in [0.5, 0.6) is 0 Å². The molecule has 2 aromatic rings. The van der Waals surface area contributed by atoms with Crippen molar-refractivity contribution in [1.82, 2.24) is 14.5 Å². The molecule has 25 heavy (non-hydrogen) atoms. The molecule has 1 N–H and O–H groups in total. The molecule has 3 rings (SSSR count). The first-order valence-corrected chi connectivity index (χ1v) is 9.71.